The van der Waals surface area contributed by atoms with Crippen LogP contribution in [0.1, 0.15) is 34.2 Å². The molecule has 6 heteroatoms. The zero-order valence-corrected chi connectivity index (χ0v) is 12.6. The molecule has 2 aromatic heterocycles. The first-order valence-electron chi connectivity index (χ1n) is 7.34. The zero-order chi connectivity index (χ0) is 15.1. The first kappa shape index (κ1) is 13.1. The van der Waals surface area contributed by atoms with Crippen LogP contribution in [-0.2, 0) is 19.6 Å². The molecule has 0 aliphatic carbocycles. The van der Waals surface area contributed by atoms with E-state index >= 15 is 0 Å². The van der Waals surface area contributed by atoms with Crippen molar-refractivity contribution in [1.82, 2.24) is 25.0 Å². The lowest BCUT2D eigenvalue weighted by Crippen LogP contribution is -2.08. The van der Waals surface area contributed by atoms with E-state index in [-0.39, 0.29) is 0 Å². The van der Waals surface area contributed by atoms with Gasteiger partial charge in [0.25, 0.3) is 0 Å². The fraction of sp³-hybridized carbons (Fsp3) is 0.312. The Morgan fingerprint density at radius 3 is 2.91 bits per heavy atom. The van der Waals surface area contributed by atoms with E-state index in [1.807, 2.05) is 32.0 Å². The highest BCUT2D eigenvalue weighted by molar-refractivity contribution is 5.35. The van der Waals surface area contributed by atoms with E-state index in [4.69, 9.17) is 4.74 Å². The Morgan fingerprint density at radius 2 is 2.09 bits per heavy atom. The molecule has 112 valence electrons. The maximum absolute atomic E-state index is 5.83. The van der Waals surface area contributed by atoms with Crippen LogP contribution in [0.4, 0.5) is 0 Å². The summed E-state index contributed by atoms with van der Waals surface area (Å²) >= 11 is 0. The van der Waals surface area contributed by atoms with E-state index in [9.17, 15) is 0 Å². The molecule has 1 N–H and O–H groups in total. The van der Waals surface area contributed by atoms with Gasteiger partial charge in [-0.3, -0.25) is 5.10 Å². The quantitative estimate of drug-likeness (QED) is 0.786. The van der Waals surface area contributed by atoms with Crippen molar-refractivity contribution < 1.29 is 4.74 Å². The fourth-order valence-corrected chi connectivity index (χ4v) is 2.87. The molecule has 0 radical (unpaired) electrons. The minimum absolute atomic E-state index is 0.452. The Bertz CT molecular complexity index is 813. The van der Waals surface area contributed by atoms with Crippen LogP contribution in [0.3, 0.4) is 0 Å². The number of nitrogens with one attached hydrogen (secondary N) is 1. The summed E-state index contributed by atoms with van der Waals surface area (Å²) in [6.45, 7) is 5.24. The molecule has 0 saturated heterocycles. The van der Waals surface area contributed by atoms with Gasteiger partial charge in [-0.15, -0.1) is 10.2 Å². The number of ether oxygens (including phenoxy) is 1. The average Bonchev–Trinajstić information content (AvgIpc) is 2.98. The minimum atomic E-state index is 0.452. The molecule has 0 bridgehead atoms. The third-order valence-corrected chi connectivity index (χ3v) is 4.18. The Kier molecular flexibility index (Phi) is 2.96. The lowest BCUT2D eigenvalue weighted by molar-refractivity contribution is 0.297. The number of fused-ring (bicyclic) bond motifs is 2. The number of hydrogen-bond donors (Lipinski definition) is 1. The van der Waals surface area contributed by atoms with Crippen molar-refractivity contribution in [2.75, 3.05) is 0 Å². The Morgan fingerprint density at radius 1 is 1.23 bits per heavy atom. The van der Waals surface area contributed by atoms with Crippen molar-refractivity contribution in [2.45, 2.75) is 33.4 Å². The van der Waals surface area contributed by atoms with Crippen LogP contribution < -0.4 is 4.74 Å². The number of rotatable bonds is 2. The van der Waals surface area contributed by atoms with E-state index in [0.29, 0.717) is 6.61 Å². The van der Waals surface area contributed by atoms with Crippen molar-refractivity contribution in [3.8, 4) is 5.75 Å². The standard InChI is InChI=1S/C16H17N5O/c1-10-13(11(2)18-17-10)7-15-19-20-16-9-22-14-6-4-3-5-12(14)8-21(15)16/h3-6H,7-9H2,1-2H3,(H,17,18). The summed E-state index contributed by atoms with van der Waals surface area (Å²) in [6.07, 6.45) is 0.726. The number of benzene rings is 1. The Hall–Kier alpha value is -2.63. The van der Waals surface area contributed by atoms with Gasteiger partial charge < -0.3 is 9.30 Å². The molecule has 1 aliphatic heterocycles. The Balaban J connectivity index is 1.72. The molecule has 0 saturated carbocycles. The number of aromatic amines is 1. The third kappa shape index (κ3) is 2.07. The molecule has 6 nitrogen and oxygen atoms in total. The number of nitrogens with zero attached hydrogens (tertiary/aromatic N) is 4. The second kappa shape index (κ2) is 4.98. The first-order valence-corrected chi connectivity index (χ1v) is 7.34. The molecule has 3 heterocycles. The van der Waals surface area contributed by atoms with E-state index < -0.39 is 0 Å². The molecular weight excluding hydrogens is 278 g/mol. The van der Waals surface area contributed by atoms with Crippen LogP contribution in [0, 0.1) is 13.8 Å². The molecule has 0 fully saturated rings. The van der Waals surface area contributed by atoms with Crippen LogP contribution in [0.2, 0.25) is 0 Å². The molecule has 1 aromatic carbocycles. The summed E-state index contributed by atoms with van der Waals surface area (Å²) in [5, 5.41) is 15.9. The zero-order valence-electron chi connectivity index (χ0n) is 12.6. The second-order valence-electron chi connectivity index (χ2n) is 5.60. The summed E-state index contributed by atoms with van der Waals surface area (Å²) in [5.41, 5.74) is 4.44. The third-order valence-electron chi connectivity index (χ3n) is 4.18. The number of para-hydroxylation sites is 1. The van der Waals surface area contributed by atoms with Crippen LogP contribution >= 0.6 is 0 Å². The Labute approximate surface area is 128 Å². The summed E-state index contributed by atoms with van der Waals surface area (Å²) in [5.74, 6) is 2.74. The van der Waals surface area contributed by atoms with Crippen molar-refractivity contribution in [1.29, 1.82) is 0 Å². The van der Waals surface area contributed by atoms with Gasteiger partial charge in [-0.1, -0.05) is 18.2 Å². The lowest BCUT2D eigenvalue weighted by atomic mass is 10.1. The second-order valence-corrected chi connectivity index (χ2v) is 5.60. The van der Waals surface area contributed by atoms with Gasteiger partial charge in [-0.05, 0) is 19.9 Å². The van der Waals surface area contributed by atoms with Crippen LogP contribution in [0.25, 0.3) is 0 Å². The van der Waals surface area contributed by atoms with Gasteiger partial charge in [0.2, 0.25) is 0 Å². The van der Waals surface area contributed by atoms with Crippen molar-refractivity contribution in [3.05, 3.63) is 58.4 Å². The monoisotopic (exact) mass is 295 g/mol. The number of H-pyrrole nitrogens is 1. The molecule has 0 spiro atoms. The molecule has 22 heavy (non-hydrogen) atoms. The molecule has 4 rings (SSSR count). The van der Waals surface area contributed by atoms with E-state index in [1.54, 1.807) is 0 Å². The number of aryl methyl sites for hydroxylation is 2. The average molecular weight is 295 g/mol. The number of hydrogen-bond acceptors (Lipinski definition) is 4. The SMILES string of the molecule is Cc1n[nH]c(C)c1Cc1nnc2n1Cc1ccccc1OC2. The van der Waals surface area contributed by atoms with E-state index in [1.165, 1.54) is 5.56 Å². The highest BCUT2D eigenvalue weighted by Gasteiger charge is 2.20. The molecular formula is C16H17N5O. The largest absolute Gasteiger partial charge is 0.485 e. The smallest absolute Gasteiger partial charge is 0.171 e. The van der Waals surface area contributed by atoms with Crippen molar-refractivity contribution in [3.63, 3.8) is 0 Å². The van der Waals surface area contributed by atoms with Gasteiger partial charge >= 0.3 is 0 Å². The van der Waals surface area contributed by atoms with Gasteiger partial charge in [0.15, 0.2) is 5.82 Å². The highest BCUT2D eigenvalue weighted by Crippen LogP contribution is 2.25. The summed E-state index contributed by atoms with van der Waals surface area (Å²) < 4.78 is 7.98. The topological polar surface area (TPSA) is 68.6 Å². The van der Waals surface area contributed by atoms with Gasteiger partial charge in [0.05, 0.1) is 12.2 Å². The normalized spacial score (nSPS) is 13.2. The van der Waals surface area contributed by atoms with E-state index in [2.05, 4.69) is 31.0 Å². The molecule has 1 aliphatic rings. The van der Waals surface area contributed by atoms with Crippen molar-refractivity contribution in [2.24, 2.45) is 0 Å². The number of aromatic nitrogens is 5. The van der Waals surface area contributed by atoms with Crippen LogP contribution in [-0.4, -0.2) is 25.0 Å². The highest BCUT2D eigenvalue weighted by atomic mass is 16.5. The predicted octanol–water partition coefficient (Wildman–Crippen LogP) is 2.15. The summed E-state index contributed by atoms with van der Waals surface area (Å²) in [6, 6.07) is 8.10. The maximum atomic E-state index is 5.83. The summed E-state index contributed by atoms with van der Waals surface area (Å²) in [7, 11) is 0. The fourth-order valence-electron chi connectivity index (χ4n) is 2.87. The van der Waals surface area contributed by atoms with Gasteiger partial charge in [-0.2, -0.15) is 5.10 Å². The van der Waals surface area contributed by atoms with Gasteiger partial charge in [-0.25, -0.2) is 0 Å². The molecule has 0 unspecified atom stereocenters. The van der Waals surface area contributed by atoms with Gasteiger partial charge in [0, 0.05) is 23.2 Å². The molecule has 0 amide bonds. The van der Waals surface area contributed by atoms with Crippen LogP contribution in [0.15, 0.2) is 24.3 Å². The van der Waals surface area contributed by atoms with E-state index in [0.717, 1.165) is 47.3 Å². The molecule has 0 atom stereocenters. The summed E-state index contributed by atoms with van der Waals surface area (Å²) in [4.78, 5) is 0. The van der Waals surface area contributed by atoms with Crippen molar-refractivity contribution >= 4 is 0 Å². The maximum Gasteiger partial charge on any atom is 0.171 e. The van der Waals surface area contributed by atoms with Gasteiger partial charge in [0.1, 0.15) is 18.2 Å². The lowest BCUT2D eigenvalue weighted by Gasteiger charge is -2.08. The molecule has 3 aromatic rings. The first-order chi connectivity index (χ1) is 10.7. The van der Waals surface area contributed by atoms with Crippen LogP contribution in [0.5, 0.6) is 5.75 Å². The minimum Gasteiger partial charge on any atom is -0.485 e. The predicted molar refractivity (Wildman–Crippen MR) is 80.8 cm³/mol.